The average Bonchev–Trinajstić information content (AvgIpc) is 3.35. The van der Waals surface area contributed by atoms with Gasteiger partial charge in [0, 0.05) is 17.8 Å². The molecule has 1 atom stereocenters. The third-order valence-electron chi connectivity index (χ3n) is 4.07. The van der Waals surface area contributed by atoms with E-state index in [0.29, 0.717) is 5.92 Å². The van der Waals surface area contributed by atoms with E-state index in [4.69, 9.17) is 0 Å². The van der Waals surface area contributed by atoms with Gasteiger partial charge >= 0.3 is 6.03 Å². The van der Waals surface area contributed by atoms with E-state index < -0.39 is 0 Å². The van der Waals surface area contributed by atoms with Crippen molar-refractivity contribution in [2.45, 2.75) is 31.7 Å². The Morgan fingerprint density at radius 2 is 2.17 bits per heavy atom. The number of carbonyl (C=O) groups excluding carboxylic acids is 1. The van der Waals surface area contributed by atoms with E-state index in [0.717, 1.165) is 21.6 Å². The van der Waals surface area contributed by atoms with Gasteiger partial charge in [-0.25, -0.2) is 9.78 Å². The molecule has 2 N–H and O–H groups in total. The molecule has 1 aromatic carbocycles. The van der Waals surface area contributed by atoms with Crippen LogP contribution in [-0.2, 0) is 0 Å². The van der Waals surface area contributed by atoms with Gasteiger partial charge in [0.1, 0.15) is 0 Å². The van der Waals surface area contributed by atoms with Gasteiger partial charge in [-0.3, -0.25) is 4.98 Å². The fourth-order valence-corrected chi connectivity index (χ4v) is 3.77. The van der Waals surface area contributed by atoms with Crippen LogP contribution in [0.5, 0.6) is 0 Å². The van der Waals surface area contributed by atoms with Crippen LogP contribution in [0.1, 0.15) is 42.4 Å². The summed E-state index contributed by atoms with van der Waals surface area (Å²) in [5.41, 5.74) is 2.62. The summed E-state index contributed by atoms with van der Waals surface area (Å²) in [6.07, 6.45) is 4.22. The van der Waals surface area contributed by atoms with Crippen molar-refractivity contribution in [1.29, 1.82) is 0 Å². The quantitative estimate of drug-likeness (QED) is 0.738. The van der Waals surface area contributed by atoms with Crippen molar-refractivity contribution in [1.82, 2.24) is 15.3 Å². The van der Waals surface area contributed by atoms with Crippen LogP contribution in [0.15, 0.2) is 42.6 Å². The Labute approximate surface area is 144 Å². The molecule has 122 valence electrons. The molecule has 4 rings (SSSR count). The number of carbonyl (C=O) groups is 1. The third kappa shape index (κ3) is 3.23. The lowest BCUT2D eigenvalue weighted by atomic mass is 10.2. The van der Waals surface area contributed by atoms with Crippen molar-refractivity contribution >= 4 is 33.3 Å². The average molecular weight is 338 g/mol. The van der Waals surface area contributed by atoms with Gasteiger partial charge in [-0.1, -0.05) is 6.07 Å². The van der Waals surface area contributed by atoms with E-state index in [-0.39, 0.29) is 12.1 Å². The zero-order chi connectivity index (χ0) is 16.5. The number of thiazole rings is 1. The lowest BCUT2D eigenvalue weighted by molar-refractivity contribution is 0.249. The Balaban J connectivity index is 1.44. The van der Waals surface area contributed by atoms with Crippen LogP contribution in [0.25, 0.3) is 10.2 Å². The molecule has 6 heteroatoms. The van der Waals surface area contributed by atoms with Crippen LogP contribution >= 0.6 is 11.3 Å². The second kappa shape index (κ2) is 6.20. The smallest absolute Gasteiger partial charge is 0.319 e. The van der Waals surface area contributed by atoms with Crippen LogP contribution < -0.4 is 10.6 Å². The summed E-state index contributed by atoms with van der Waals surface area (Å²) in [5, 5.41) is 7.01. The van der Waals surface area contributed by atoms with Crippen LogP contribution in [0.4, 0.5) is 10.5 Å². The topological polar surface area (TPSA) is 66.9 Å². The monoisotopic (exact) mass is 338 g/mol. The molecular formula is C18H18N4OS. The summed E-state index contributed by atoms with van der Waals surface area (Å²) in [5.74, 6) is 0.654. The van der Waals surface area contributed by atoms with Gasteiger partial charge in [-0.05, 0) is 50.1 Å². The predicted octanol–water partition coefficient (Wildman–Crippen LogP) is 4.45. The molecule has 1 aliphatic carbocycles. The van der Waals surface area contributed by atoms with E-state index in [2.05, 4.69) is 20.6 Å². The molecule has 5 nitrogen and oxygen atoms in total. The summed E-state index contributed by atoms with van der Waals surface area (Å²) < 4.78 is 1.12. The molecule has 1 saturated carbocycles. The molecule has 24 heavy (non-hydrogen) atoms. The number of anilines is 1. The minimum atomic E-state index is -0.237. The van der Waals surface area contributed by atoms with Gasteiger partial charge < -0.3 is 10.6 Å². The lowest BCUT2D eigenvalue weighted by Crippen LogP contribution is -2.31. The number of amides is 2. The first-order chi connectivity index (χ1) is 11.7. The maximum absolute atomic E-state index is 12.2. The number of urea groups is 1. The second-order valence-corrected chi connectivity index (χ2v) is 7.15. The number of aromatic nitrogens is 2. The highest BCUT2D eigenvalue weighted by Gasteiger charge is 2.27. The van der Waals surface area contributed by atoms with Crippen molar-refractivity contribution in [3.63, 3.8) is 0 Å². The highest BCUT2D eigenvalue weighted by atomic mass is 32.1. The second-order valence-electron chi connectivity index (χ2n) is 6.08. The summed E-state index contributed by atoms with van der Waals surface area (Å²) in [4.78, 5) is 21.1. The van der Waals surface area contributed by atoms with Gasteiger partial charge in [-0.15, -0.1) is 11.3 Å². The number of hydrogen-bond acceptors (Lipinski definition) is 4. The Morgan fingerprint density at radius 3 is 2.92 bits per heavy atom. The maximum atomic E-state index is 12.2. The van der Waals surface area contributed by atoms with Gasteiger partial charge in [-0.2, -0.15) is 0 Å². The van der Waals surface area contributed by atoms with Gasteiger partial charge in [0.25, 0.3) is 0 Å². The predicted molar refractivity (Wildman–Crippen MR) is 96.4 cm³/mol. The molecule has 0 unspecified atom stereocenters. The van der Waals surface area contributed by atoms with Crippen LogP contribution in [0.3, 0.4) is 0 Å². The highest BCUT2D eigenvalue weighted by molar-refractivity contribution is 7.18. The molecule has 0 bridgehead atoms. The first-order valence-electron chi connectivity index (χ1n) is 8.08. The van der Waals surface area contributed by atoms with Crippen molar-refractivity contribution in [3.8, 4) is 0 Å². The number of fused-ring (bicyclic) bond motifs is 1. The molecule has 1 fully saturated rings. The maximum Gasteiger partial charge on any atom is 0.319 e. The summed E-state index contributed by atoms with van der Waals surface area (Å²) in [6.45, 7) is 1.91. The first-order valence-corrected chi connectivity index (χ1v) is 8.89. The molecule has 0 aliphatic heterocycles. The molecule has 3 aromatic rings. The van der Waals surface area contributed by atoms with E-state index in [1.807, 2.05) is 43.3 Å². The van der Waals surface area contributed by atoms with E-state index in [1.165, 1.54) is 17.8 Å². The minimum absolute atomic E-state index is 0.153. The number of benzene rings is 1. The van der Waals surface area contributed by atoms with Crippen molar-refractivity contribution in [2.75, 3.05) is 5.32 Å². The van der Waals surface area contributed by atoms with Gasteiger partial charge in [0.15, 0.2) is 0 Å². The van der Waals surface area contributed by atoms with Gasteiger partial charge in [0.2, 0.25) is 0 Å². The molecule has 2 heterocycles. The van der Waals surface area contributed by atoms with Crippen LogP contribution in [0, 0.1) is 0 Å². The third-order valence-corrected chi connectivity index (χ3v) is 5.25. The Bertz CT molecular complexity index is 873. The van der Waals surface area contributed by atoms with Crippen molar-refractivity contribution in [2.24, 2.45) is 0 Å². The molecule has 0 saturated heterocycles. The van der Waals surface area contributed by atoms with E-state index >= 15 is 0 Å². The normalized spacial score (nSPS) is 15.2. The standard InChI is InChI=1S/C18H18N4OS/c1-11(14-4-2-3-9-19-14)20-18(23)21-13-7-8-15-16(10-13)24-17(22-15)12-5-6-12/h2-4,7-12H,5-6H2,1H3,(H2,20,21,23)/t11-/m1/s1. The molecule has 1 aliphatic rings. The van der Waals surface area contributed by atoms with E-state index in [1.54, 1.807) is 17.5 Å². The fraction of sp³-hybridized carbons (Fsp3) is 0.278. The largest absolute Gasteiger partial charge is 0.330 e. The van der Waals surface area contributed by atoms with Crippen LogP contribution in [0.2, 0.25) is 0 Å². The summed E-state index contributed by atoms with van der Waals surface area (Å²) in [6, 6.07) is 11.1. The highest BCUT2D eigenvalue weighted by Crippen LogP contribution is 2.43. The zero-order valence-electron chi connectivity index (χ0n) is 13.3. The molecule has 0 spiro atoms. The molecule has 2 amide bonds. The lowest BCUT2D eigenvalue weighted by Gasteiger charge is -2.14. The SMILES string of the molecule is C[C@@H](NC(=O)Nc1ccc2nc(C3CC3)sc2c1)c1ccccn1. The van der Waals surface area contributed by atoms with Gasteiger partial charge in [0.05, 0.1) is 27.0 Å². The molecular weight excluding hydrogens is 320 g/mol. The fourth-order valence-electron chi connectivity index (χ4n) is 2.59. The zero-order valence-corrected chi connectivity index (χ0v) is 14.1. The van der Waals surface area contributed by atoms with Crippen molar-refractivity contribution in [3.05, 3.63) is 53.3 Å². The Kier molecular flexibility index (Phi) is 3.90. The number of pyridine rings is 1. The Morgan fingerprint density at radius 1 is 1.29 bits per heavy atom. The number of nitrogens with one attached hydrogen (secondary N) is 2. The van der Waals surface area contributed by atoms with E-state index in [9.17, 15) is 4.79 Å². The minimum Gasteiger partial charge on any atom is -0.330 e. The summed E-state index contributed by atoms with van der Waals surface area (Å²) >= 11 is 1.73. The number of rotatable bonds is 4. The number of nitrogens with zero attached hydrogens (tertiary/aromatic N) is 2. The first kappa shape index (κ1) is 15.1. The van der Waals surface area contributed by atoms with Crippen molar-refractivity contribution < 1.29 is 4.79 Å². The van der Waals surface area contributed by atoms with Crippen LogP contribution in [-0.4, -0.2) is 16.0 Å². The Hall–Kier alpha value is -2.47. The summed E-state index contributed by atoms with van der Waals surface area (Å²) in [7, 11) is 0. The number of hydrogen-bond donors (Lipinski definition) is 2. The molecule has 2 aromatic heterocycles. The molecule has 0 radical (unpaired) electrons.